The van der Waals surface area contributed by atoms with Gasteiger partial charge in [0.1, 0.15) is 27.0 Å². The van der Waals surface area contributed by atoms with E-state index in [2.05, 4.69) is 30.6 Å². The van der Waals surface area contributed by atoms with Crippen molar-refractivity contribution in [3.05, 3.63) is 70.0 Å². The predicted octanol–water partition coefficient (Wildman–Crippen LogP) is 5.01. The molecule has 0 spiro atoms. The van der Waals surface area contributed by atoms with E-state index >= 15 is 0 Å². The summed E-state index contributed by atoms with van der Waals surface area (Å²) in [4.78, 5) is 9.17. The number of hydrogen-bond acceptors (Lipinski definition) is 4. The fourth-order valence-corrected chi connectivity index (χ4v) is 4.04. The molecule has 0 aliphatic rings. The Hall–Kier alpha value is -1.61. The molecule has 4 nitrogen and oxygen atoms in total. The van der Waals surface area contributed by atoms with E-state index in [1.54, 1.807) is 0 Å². The third kappa shape index (κ3) is 5.05. The number of hydrogen-bond donors (Lipinski definition) is 1. The van der Waals surface area contributed by atoms with Gasteiger partial charge < -0.3 is 4.55 Å². The SMILES string of the molecule is CC(C)(C)[S+]([O-])NC(Cc1cc(F)cc(F)c1)c1nc2ccccc2nc1Br. The average molecular weight is 468 g/mol. The van der Waals surface area contributed by atoms with E-state index in [0.29, 0.717) is 26.9 Å². The van der Waals surface area contributed by atoms with E-state index in [0.717, 1.165) is 6.07 Å². The molecule has 0 bridgehead atoms. The minimum absolute atomic E-state index is 0.197. The minimum Gasteiger partial charge on any atom is -0.598 e. The Morgan fingerprint density at radius 1 is 1.07 bits per heavy atom. The summed E-state index contributed by atoms with van der Waals surface area (Å²) in [5, 5.41) is 0. The van der Waals surface area contributed by atoms with Gasteiger partial charge in [0.15, 0.2) is 0 Å². The summed E-state index contributed by atoms with van der Waals surface area (Å²) < 4.78 is 43.1. The highest BCUT2D eigenvalue weighted by atomic mass is 79.9. The molecule has 2 unspecified atom stereocenters. The lowest BCUT2D eigenvalue weighted by Gasteiger charge is -2.28. The Bertz CT molecular complexity index is 977. The second-order valence-corrected chi connectivity index (χ2v) is 10.2. The van der Waals surface area contributed by atoms with Crippen LogP contribution in [0.3, 0.4) is 0 Å². The molecule has 0 aliphatic heterocycles. The van der Waals surface area contributed by atoms with E-state index < -0.39 is 33.8 Å². The van der Waals surface area contributed by atoms with E-state index in [1.165, 1.54) is 12.1 Å². The van der Waals surface area contributed by atoms with Gasteiger partial charge in [-0.15, -0.1) is 4.72 Å². The Balaban J connectivity index is 2.03. The molecular formula is C20H20BrF2N3OS. The van der Waals surface area contributed by atoms with E-state index in [1.807, 2.05) is 45.0 Å². The number of rotatable bonds is 5. The number of fused-ring (bicyclic) bond motifs is 1. The summed E-state index contributed by atoms with van der Waals surface area (Å²) in [6.07, 6.45) is 0.197. The molecular weight excluding hydrogens is 448 g/mol. The van der Waals surface area contributed by atoms with E-state index in [9.17, 15) is 13.3 Å². The van der Waals surface area contributed by atoms with E-state index in [4.69, 9.17) is 0 Å². The van der Waals surface area contributed by atoms with Crippen LogP contribution in [-0.4, -0.2) is 19.3 Å². The van der Waals surface area contributed by atoms with Crippen molar-refractivity contribution in [2.45, 2.75) is 38.0 Å². The molecule has 2 aromatic carbocycles. The first-order chi connectivity index (χ1) is 13.1. The van der Waals surface area contributed by atoms with Crippen LogP contribution in [0.4, 0.5) is 8.78 Å². The number of nitrogens with one attached hydrogen (secondary N) is 1. The highest BCUT2D eigenvalue weighted by molar-refractivity contribution is 9.10. The predicted molar refractivity (Wildman–Crippen MR) is 111 cm³/mol. The molecule has 1 N–H and O–H groups in total. The highest BCUT2D eigenvalue weighted by Crippen LogP contribution is 2.28. The van der Waals surface area contributed by atoms with Crippen molar-refractivity contribution in [2.24, 2.45) is 0 Å². The molecule has 0 amide bonds. The van der Waals surface area contributed by atoms with E-state index in [-0.39, 0.29) is 6.42 Å². The fourth-order valence-electron chi connectivity index (χ4n) is 2.68. The van der Waals surface area contributed by atoms with Crippen LogP contribution < -0.4 is 4.72 Å². The first-order valence-electron chi connectivity index (χ1n) is 8.68. The standard InChI is InChI=1S/C20H20BrF2N3OS/c1-20(2,3)28(27)26-17(10-12-8-13(22)11-14(23)9-12)18-19(21)25-16-7-5-4-6-15(16)24-18/h4-9,11,17,26H,10H2,1-3H3. The molecule has 0 fully saturated rings. The van der Waals surface area contributed by atoms with Crippen molar-refractivity contribution >= 4 is 38.3 Å². The van der Waals surface area contributed by atoms with Gasteiger partial charge in [0.2, 0.25) is 0 Å². The molecule has 1 heterocycles. The summed E-state index contributed by atoms with van der Waals surface area (Å²) in [6, 6.07) is 10.2. The van der Waals surface area contributed by atoms with Gasteiger partial charge in [-0.25, -0.2) is 18.7 Å². The quantitative estimate of drug-likeness (QED) is 0.535. The Morgan fingerprint density at radius 3 is 2.21 bits per heavy atom. The Labute approximate surface area is 174 Å². The molecule has 0 aliphatic carbocycles. The van der Waals surface area contributed by atoms with Crippen LogP contribution >= 0.6 is 15.9 Å². The first-order valence-corrected chi connectivity index (χ1v) is 10.6. The molecule has 3 aromatic rings. The Kier molecular flexibility index (Phi) is 6.34. The number of benzene rings is 2. The van der Waals surface area contributed by atoms with Crippen molar-refractivity contribution in [1.29, 1.82) is 0 Å². The van der Waals surface area contributed by atoms with Gasteiger partial charge in [0.05, 0.1) is 16.7 Å². The molecule has 0 radical (unpaired) electrons. The van der Waals surface area contributed by atoms with Crippen LogP contribution in [0.5, 0.6) is 0 Å². The van der Waals surface area contributed by atoms with Crippen molar-refractivity contribution < 1.29 is 13.3 Å². The first kappa shape index (κ1) is 21.1. The number of halogens is 3. The maximum atomic E-state index is 13.7. The zero-order chi connectivity index (χ0) is 20.5. The second-order valence-electron chi connectivity index (χ2n) is 7.42. The van der Waals surface area contributed by atoms with Crippen LogP contribution in [0, 0.1) is 11.6 Å². The summed E-state index contributed by atoms with van der Waals surface area (Å²) in [5.74, 6) is -1.32. The smallest absolute Gasteiger partial charge is 0.136 e. The molecule has 28 heavy (non-hydrogen) atoms. The number of aromatic nitrogens is 2. The van der Waals surface area contributed by atoms with Gasteiger partial charge in [0.25, 0.3) is 0 Å². The van der Waals surface area contributed by atoms with Crippen molar-refractivity contribution in [1.82, 2.24) is 14.7 Å². The summed E-state index contributed by atoms with van der Waals surface area (Å²) in [5.41, 5.74) is 2.36. The van der Waals surface area contributed by atoms with Gasteiger partial charge >= 0.3 is 0 Å². The summed E-state index contributed by atoms with van der Waals surface area (Å²) in [7, 11) is 0. The van der Waals surface area contributed by atoms with Gasteiger partial charge in [0, 0.05) is 17.4 Å². The third-order valence-corrected chi connectivity index (χ3v) is 6.24. The molecule has 148 valence electrons. The monoisotopic (exact) mass is 467 g/mol. The minimum atomic E-state index is -1.42. The molecule has 0 saturated carbocycles. The normalized spacial score (nSPS) is 14.2. The zero-order valence-corrected chi connectivity index (χ0v) is 18.1. The average Bonchev–Trinajstić information content (AvgIpc) is 2.58. The van der Waals surface area contributed by atoms with Gasteiger partial charge in [-0.2, -0.15) is 0 Å². The zero-order valence-electron chi connectivity index (χ0n) is 15.7. The van der Waals surface area contributed by atoms with Crippen molar-refractivity contribution in [2.75, 3.05) is 0 Å². The van der Waals surface area contributed by atoms with Gasteiger partial charge in [-0.1, -0.05) is 12.1 Å². The molecule has 0 saturated heterocycles. The van der Waals surface area contributed by atoms with Gasteiger partial charge in [-0.3, -0.25) is 0 Å². The van der Waals surface area contributed by atoms with Crippen molar-refractivity contribution in [3.8, 4) is 0 Å². The lowest BCUT2D eigenvalue weighted by atomic mass is 10.0. The van der Waals surface area contributed by atoms with Gasteiger partial charge in [-0.05, 0) is 73.0 Å². The van der Waals surface area contributed by atoms with Crippen LogP contribution in [0.1, 0.15) is 38.1 Å². The third-order valence-electron chi connectivity index (χ3n) is 4.05. The largest absolute Gasteiger partial charge is 0.598 e. The number of para-hydroxylation sites is 2. The second kappa shape index (κ2) is 8.41. The lowest BCUT2D eigenvalue weighted by Crippen LogP contribution is -2.42. The molecule has 1 aromatic heterocycles. The van der Waals surface area contributed by atoms with Crippen molar-refractivity contribution in [3.63, 3.8) is 0 Å². The fraction of sp³-hybridized carbons (Fsp3) is 0.300. The highest BCUT2D eigenvalue weighted by Gasteiger charge is 2.32. The number of nitrogens with zero attached hydrogens (tertiary/aromatic N) is 2. The maximum absolute atomic E-state index is 13.7. The van der Waals surface area contributed by atoms with Crippen LogP contribution in [-0.2, 0) is 17.8 Å². The molecule has 2 atom stereocenters. The Morgan fingerprint density at radius 2 is 1.64 bits per heavy atom. The topological polar surface area (TPSA) is 60.9 Å². The summed E-state index contributed by atoms with van der Waals surface area (Å²) >= 11 is 2.02. The molecule has 8 heteroatoms. The maximum Gasteiger partial charge on any atom is 0.136 e. The van der Waals surface area contributed by atoms with Crippen LogP contribution in [0.25, 0.3) is 11.0 Å². The van der Waals surface area contributed by atoms with Crippen LogP contribution in [0.15, 0.2) is 47.1 Å². The van der Waals surface area contributed by atoms with Crippen LogP contribution in [0.2, 0.25) is 0 Å². The molecule has 3 rings (SSSR count). The lowest BCUT2D eigenvalue weighted by molar-refractivity contribution is 0.516. The summed E-state index contributed by atoms with van der Waals surface area (Å²) in [6.45, 7) is 5.53.